The normalized spacial score (nSPS) is 12.0. The number of benzene rings is 2. The molecule has 0 aliphatic carbocycles. The molecule has 0 saturated heterocycles. The smallest absolute Gasteiger partial charge is 0.349 e. The minimum atomic E-state index is -0.400. The summed E-state index contributed by atoms with van der Waals surface area (Å²) in [4.78, 5) is 12.4. The molecule has 140 valence electrons. The minimum absolute atomic E-state index is 0.0587. The summed E-state index contributed by atoms with van der Waals surface area (Å²) < 4.78 is 11.4. The second-order valence-electron chi connectivity index (χ2n) is 8.76. The molecule has 3 heteroatoms. The number of rotatable bonds is 4. The lowest BCUT2D eigenvalue weighted by Crippen LogP contribution is -2.22. The maximum atomic E-state index is 12.4. The molecule has 3 nitrogen and oxygen atoms in total. The van der Waals surface area contributed by atoms with Gasteiger partial charge in [0.25, 0.3) is 0 Å². The molecular weight excluding hydrogens is 324 g/mol. The molecule has 0 heterocycles. The van der Waals surface area contributed by atoms with E-state index >= 15 is 0 Å². The van der Waals surface area contributed by atoms with Gasteiger partial charge in [0.15, 0.2) is 6.61 Å². The van der Waals surface area contributed by atoms with Gasteiger partial charge in [-0.25, -0.2) is 4.79 Å². The molecule has 0 radical (unpaired) electrons. The highest BCUT2D eigenvalue weighted by Crippen LogP contribution is 2.33. The fourth-order valence-electron chi connectivity index (χ4n) is 2.82. The van der Waals surface area contributed by atoms with E-state index < -0.39 is 5.97 Å². The third-order valence-electron chi connectivity index (χ3n) is 4.21. The van der Waals surface area contributed by atoms with E-state index in [1.165, 1.54) is 0 Å². The monoisotopic (exact) mass is 354 g/mol. The summed E-state index contributed by atoms with van der Waals surface area (Å²) in [6.45, 7) is 14.6. The molecule has 0 bridgehead atoms. The van der Waals surface area contributed by atoms with Crippen LogP contribution in [-0.2, 0) is 15.6 Å². The average Bonchev–Trinajstić information content (AvgIpc) is 2.53. The zero-order chi connectivity index (χ0) is 19.5. The number of hydrogen-bond acceptors (Lipinski definition) is 3. The Hall–Kier alpha value is -2.29. The molecule has 2 aromatic carbocycles. The summed E-state index contributed by atoms with van der Waals surface area (Å²) in [5.41, 5.74) is 3.06. The van der Waals surface area contributed by atoms with Gasteiger partial charge in [-0.15, -0.1) is 0 Å². The molecule has 0 fully saturated rings. The molecule has 0 atom stereocenters. The predicted octanol–water partition coefficient (Wildman–Crippen LogP) is 5.57. The van der Waals surface area contributed by atoms with Crippen molar-refractivity contribution >= 4 is 5.97 Å². The van der Waals surface area contributed by atoms with Crippen molar-refractivity contribution in [1.29, 1.82) is 0 Å². The van der Waals surface area contributed by atoms with Gasteiger partial charge in [-0.05, 0) is 35.4 Å². The summed E-state index contributed by atoms with van der Waals surface area (Å²) in [6.07, 6.45) is 0. The van der Waals surface area contributed by atoms with Gasteiger partial charge in [0.1, 0.15) is 11.5 Å². The van der Waals surface area contributed by atoms with Gasteiger partial charge in [0, 0.05) is 5.56 Å². The van der Waals surface area contributed by atoms with Crippen molar-refractivity contribution < 1.29 is 14.3 Å². The lowest BCUT2D eigenvalue weighted by atomic mass is 9.85. The molecule has 2 aromatic rings. The van der Waals surface area contributed by atoms with Crippen LogP contribution in [0.5, 0.6) is 11.5 Å². The van der Waals surface area contributed by atoms with Gasteiger partial charge in [0.05, 0.1) is 0 Å². The predicted molar refractivity (Wildman–Crippen MR) is 106 cm³/mol. The lowest BCUT2D eigenvalue weighted by molar-refractivity contribution is -0.136. The Morgan fingerprint density at radius 3 is 2.08 bits per heavy atom. The van der Waals surface area contributed by atoms with Crippen LogP contribution >= 0.6 is 0 Å². The molecular formula is C23H30O3. The highest BCUT2D eigenvalue weighted by atomic mass is 16.6. The Balaban J connectivity index is 2.12. The molecule has 0 saturated carbocycles. The van der Waals surface area contributed by atoms with Crippen LogP contribution in [0.1, 0.15) is 58.2 Å². The van der Waals surface area contributed by atoms with E-state index in [9.17, 15) is 4.79 Å². The van der Waals surface area contributed by atoms with Crippen LogP contribution in [0.3, 0.4) is 0 Å². The summed E-state index contributed by atoms with van der Waals surface area (Å²) in [6, 6.07) is 13.7. The van der Waals surface area contributed by atoms with Gasteiger partial charge in [0.2, 0.25) is 0 Å². The average molecular weight is 354 g/mol. The van der Waals surface area contributed by atoms with Crippen LogP contribution in [0, 0.1) is 6.92 Å². The number of ether oxygens (including phenoxy) is 2. The summed E-state index contributed by atoms with van der Waals surface area (Å²) in [7, 11) is 0. The number of esters is 1. The van der Waals surface area contributed by atoms with E-state index in [0.29, 0.717) is 5.75 Å². The van der Waals surface area contributed by atoms with E-state index in [-0.39, 0.29) is 17.4 Å². The minimum Gasteiger partial charge on any atom is -0.482 e. The Morgan fingerprint density at radius 1 is 0.846 bits per heavy atom. The summed E-state index contributed by atoms with van der Waals surface area (Å²) >= 11 is 0. The number of aryl methyl sites for hydroxylation is 1. The van der Waals surface area contributed by atoms with Crippen LogP contribution < -0.4 is 9.47 Å². The second-order valence-corrected chi connectivity index (χ2v) is 8.76. The van der Waals surface area contributed by atoms with Crippen molar-refractivity contribution in [2.45, 2.75) is 59.3 Å². The van der Waals surface area contributed by atoms with Crippen LogP contribution in [0.25, 0.3) is 0 Å². The molecule has 26 heavy (non-hydrogen) atoms. The molecule has 0 amide bonds. The van der Waals surface area contributed by atoms with Gasteiger partial charge in [-0.3, -0.25) is 0 Å². The first kappa shape index (κ1) is 20.0. The molecule has 0 N–H and O–H groups in total. The Kier molecular flexibility index (Phi) is 5.80. The third-order valence-corrected chi connectivity index (χ3v) is 4.21. The Labute approximate surface area is 157 Å². The summed E-state index contributed by atoms with van der Waals surface area (Å²) in [5, 5.41) is 0. The molecule has 2 rings (SSSR count). The molecule has 0 aliphatic rings. The van der Waals surface area contributed by atoms with E-state index in [1.54, 1.807) is 0 Å². The quantitative estimate of drug-likeness (QED) is 0.531. The van der Waals surface area contributed by atoms with Crippen molar-refractivity contribution in [1.82, 2.24) is 0 Å². The fraction of sp³-hybridized carbons (Fsp3) is 0.435. The summed E-state index contributed by atoms with van der Waals surface area (Å²) in [5.74, 6) is 0.917. The highest BCUT2D eigenvalue weighted by Gasteiger charge is 2.22. The van der Waals surface area contributed by atoms with Crippen LogP contribution in [0.15, 0.2) is 42.5 Å². The number of carbonyl (C=O) groups excluding carboxylic acids is 1. The highest BCUT2D eigenvalue weighted by molar-refractivity contribution is 5.74. The van der Waals surface area contributed by atoms with Crippen molar-refractivity contribution in [3.63, 3.8) is 0 Å². The fourth-order valence-corrected chi connectivity index (χ4v) is 2.82. The van der Waals surface area contributed by atoms with Gasteiger partial charge < -0.3 is 9.47 Å². The lowest BCUT2D eigenvalue weighted by Gasteiger charge is -2.24. The SMILES string of the molecule is Cc1ccc(OC(=O)COc2ccccc2C(C)(C)C)c(C(C)(C)C)c1. The van der Waals surface area contributed by atoms with E-state index in [1.807, 2.05) is 43.3 Å². The van der Waals surface area contributed by atoms with E-state index in [4.69, 9.17) is 9.47 Å². The van der Waals surface area contributed by atoms with Gasteiger partial charge in [-0.1, -0.05) is 77.4 Å². The first-order valence-electron chi connectivity index (χ1n) is 9.02. The first-order valence-corrected chi connectivity index (χ1v) is 9.02. The van der Waals surface area contributed by atoms with Crippen molar-refractivity contribution in [2.24, 2.45) is 0 Å². The molecule has 0 unspecified atom stereocenters. The maximum absolute atomic E-state index is 12.4. The van der Waals surface area contributed by atoms with Crippen molar-refractivity contribution in [2.75, 3.05) is 6.61 Å². The standard InChI is InChI=1S/C23H30O3/c1-16-12-13-20(18(14-16)23(5,6)7)26-21(24)15-25-19-11-9-8-10-17(19)22(2,3)4/h8-14H,15H2,1-7H3. The Bertz CT molecular complexity index is 777. The van der Waals surface area contributed by atoms with Crippen LogP contribution in [0.4, 0.5) is 0 Å². The van der Waals surface area contributed by atoms with E-state index in [0.717, 1.165) is 22.4 Å². The van der Waals surface area contributed by atoms with Crippen LogP contribution in [-0.4, -0.2) is 12.6 Å². The van der Waals surface area contributed by atoms with Crippen molar-refractivity contribution in [3.05, 3.63) is 59.2 Å². The number of para-hydroxylation sites is 1. The second kappa shape index (κ2) is 7.53. The topological polar surface area (TPSA) is 35.5 Å². The zero-order valence-corrected chi connectivity index (χ0v) is 17.0. The van der Waals surface area contributed by atoms with Crippen LogP contribution in [0.2, 0.25) is 0 Å². The van der Waals surface area contributed by atoms with Crippen molar-refractivity contribution in [3.8, 4) is 11.5 Å². The number of carbonyl (C=O) groups is 1. The maximum Gasteiger partial charge on any atom is 0.349 e. The molecule has 0 spiro atoms. The van der Waals surface area contributed by atoms with Gasteiger partial charge in [-0.2, -0.15) is 0 Å². The Morgan fingerprint density at radius 2 is 1.46 bits per heavy atom. The third kappa shape index (κ3) is 5.10. The zero-order valence-electron chi connectivity index (χ0n) is 17.0. The molecule has 0 aliphatic heterocycles. The largest absolute Gasteiger partial charge is 0.482 e. The molecule has 0 aromatic heterocycles. The number of hydrogen-bond donors (Lipinski definition) is 0. The van der Waals surface area contributed by atoms with E-state index in [2.05, 4.69) is 47.6 Å². The first-order chi connectivity index (χ1) is 12.0. The van der Waals surface area contributed by atoms with Gasteiger partial charge >= 0.3 is 5.97 Å².